The summed E-state index contributed by atoms with van der Waals surface area (Å²) in [6.07, 6.45) is 4.38. The molecule has 0 amide bonds. The summed E-state index contributed by atoms with van der Waals surface area (Å²) in [5.74, 6) is 0.370. The van der Waals surface area contributed by atoms with E-state index in [1.54, 1.807) is 13.0 Å². The van der Waals surface area contributed by atoms with Crippen LogP contribution in [0.2, 0.25) is 0 Å². The van der Waals surface area contributed by atoms with Crippen molar-refractivity contribution in [2.75, 3.05) is 18.9 Å². The number of aromatic nitrogens is 1. The lowest BCUT2D eigenvalue weighted by Gasteiger charge is -2.14. The molecule has 3 nitrogen and oxygen atoms in total. The summed E-state index contributed by atoms with van der Waals surface area (Å²) in [7, 11) is 2.00. The molecule has 0 aliphatic rings. The average molecular weight is 353 g/mol. The standard InChI is InChI=1S/C22H28FN3/c1-5-16(8-9-24-4)20-13-25-22-12-17(6-7-19(20)22)26-18-10-14(2)15(3)21(23)11-18/h6-7,10-13,16,24-26H,5,8-9H2,1-4H3. The van der Waals surface area contributed by atoms with Crippen molar-refractivity contribution in [1.82, 2.24) is 10.3 Å². The number of halogens is 1. The Morgan fingerprint density at radius 2 is 1.92 bits per heavy atom. The fourth-order valence-corrected chi connectivity index (χ4v) is 3.52. The van der Waals surface area contributed by atoms with Gasteiger partial charge in [0.25, 0.3) is 0 Å². The van der Waals surface area contributed by atoms with E-state index in [-0.39, 0.29) is 5.82 Å². The van der Waals surface area contributed by atoms with E-state index >= 15 is 0 Å². The molecule has 138 valence electrons. The van der Waals surface area contributed by atoms with Crippen LogP contribution < -0.4 is 10.6 Å². The fourth-order valence-electron chi connectivity index (χ4n) is 3.52. The third-order valence-corrected chi connectivity index (χ3v) is 5.28. The van der Waals surface area contributed by atoms with E-state index in [1.807, 2.05) is 20.0 Å². The number of benzene rings is 2. The lowest BCUT2D eigenvalue weighted by Crippen LogP contribution is -2.11. The lowest BCUT2D eigenvalue weighted by molar-refractivity contribution is 0.584. The van der Waals surface area contributed by atoms with Gasteiger partial charge < -0.3 is 15.6 Å². The number of aromatic amines is 1. The number of hydrogen-bond acceptors (Lipinski definition) is 2. The second kappa shape index (κ2) is 7.92. The third-order valence-electron chi connectivity index (χ3n) is 5.28. The molecule has 2 aromatic carbocycles. The molecule has 0 bridgehead atoms. The van der Waals surface area contributed by atoms with Crippen molar-refractivity contribution < 1.29 is 4.39 Å². The van der Waals surface area contributed by atoms with Crippen molar-refractivity contribution >= 4 is 22.3 Å². The number of H-pyrrole nitrogens is 1. The Morgan fingerprint density at radius 1 is 1.12 bits per heavy atom. The summed E-state index contributed by atoms with van der Waals surface area (Å²) in [6.45, 7) is 6.99. The van der Waals surface area contributed by atoms with E-state index in [1.165, 1.54) is 10.9 Å². The molecule has 1 atom stereocenters. The number of fused-ring (bicyclic) bond motifs is 1. The van der Waals surface area contributed by atoms with Gasteiger partial charge in [-0.2, -0.15) is 0 Å². The van der Waals surface area contributed by atoms with Crippen LogP contribution in [0, 0.1) is 19.7 Å². The summed E-state index contributed by atoms with van der Waals surface area (Å²) in [5, 5.41) is 7.83. The van der Waals surface area contributed by atoms with Crippen LogP contribution in [0.3, 0.4) is 0 Å². The van der Waals surface area contributed by atoms with Gasteiger partial charge in [-0.05, 0) is 87.2 Å². The van der Waals surface area contributed by atoms with Crippen LogP contribution in [-0.2, 0) is 0 Å². The van der Waals surface area contributed by atoms with E-state index in [9.17, 15) is 4.39 Å². The molecule has 1 unspecified atom stereocenters. The first-order valence-corrected chi connectivity index (χ1v) is 9.32. The second-order valence-corrected chi connectivity index (χ2v) is 7.03. The van der Waals surface area contributed by atoms with Crippen molar-refractivity contribution in [1.29, 1.82) is 0 Å². The normalized spacial score (nSPS) is 12.5. The van der Waals surface area contributed by atoms with Gasteiger partial charge in [0.05, 0.1) is 0 Å². The largest absolute Gasteiger partial charge is 0.361 e. The zero-order chi connectivity index (χ0) is 18.7. The average Bonchev–Trinajstić information content (AvgIpc) is 3.03. The number of aryl methyl sites for hydroxylation is 1. The summed E-state index contributed by atoms with van der Waals surface area (Å²) in [5.41, 5.74) is 5.87. The monoisotopic (exact) mass is 353 g/mol. The SMILES string of the molecule is CCC(CCNC)c1c[nH]c2cc(Nc3cc(C)c(C)c(F)c3)ccc12. The van der Waals surface area contributed by atoms with Crippen molar-refractivity contribution in [3.05, 3.63) is 59.0 Å². The van der Waals surface area contributed by atoms with Gasteiger partial charge in [-0.25, -0.2) is 4.39 Å². The molecule has 3 N–H and O–H groups in total. The van der Waals surface area contributed by atoms with Crippen molar-refractivity contribution in [3.63, 3.8) is 0 Å². The van der Waals surface area contributed by atoms with Crippen LogP contribution >= 0.6 is 0 Å². The van der Waals surface area contributed by atoms with Crippen LogP contribution in [0.5, 0.6) is 0 Å². The van der Waals surface area contributed by atoms with Crippen molar-refractivity contribution in [3.8, 4) is 0 Å². The van der Waals surface area contributed by atoms with E-state index in [0.29, 0.717) is 11.5 Å². The highest BCUT2D eigenvalue weighted by Crippen LogP contribution is 2.32. The molecule has 4 heteroatoms. The van der Waals surface area contributed by atoms with Gasteiger partial charge in [0.1, 0.15) is 5.82 Å². The second-order valence-electron chi connectivity index (χ2n) is 7.03. The highest BCUT2D eigenvalue weighted by Gasteiger charge is 2.14. The minimum atomic E-state index is -0.175. The van der Waals surface area contributed by atoms with E-state index in [4.69, 9.17) is 0 Å². The van der Waals surface area contributed by atoms with Crippen LogP contribution in [-0.4, -0.2) is 18.6 Å². The number of nitrogens with one attached hydrogen (secondary N) is 3. The number of anilines is 2. The van der Waals surface area contributed by atoms with Crippen LogP contribution in [0.1, 0.15) is 42.4 Å². The minimum absolute atomic E-state index is 0.175. The summed E-state index contributed by atoms with van der Waals surface area (Å²) in [4.78, 5) is 3.40. The van der Waals surface area contributed by atoms with Gasteiger partial charge in [-0.3, -0.25) is 0 Å². The molecule has 0 radical (unpaired) electrons. The minimum Gasteiger partial charge on any atom is -0.361 e. The predicted octanol–water partition coefficient (Wildman–Crippen LogP) is 5.77. The first kappa shape index (κ1) is 18.5. The fraction of sp³-hybridized carbons (Fsp3) is 0.364. The lowest BCUT2D eigenvalue weighted by atomic mass is 9.93. The Morgan fingerprint density at radius 3 is 2.62 bits per heavy atom. The molecule has 3 aromatic rings. The number of hydrogen-bond donors (Lipinski definition) is 3. The van der Waals surface area contributed by atoms with Crippen LogP contribution in [0.15, 0.2) is 36.5 Å². The van der Waals surface area contributed by atoms with E-state index < -0.39 is 0 Å². The van der Waals surface area contributed by atoms with Gasteiger partial charge >= 0.3 is 0 Å². The highest BCUT2D eigenvalue weighted by atomic mass is 19.1. The molecule has 0 fully saturated rings. The van der Waals surface area contributed by atoms with Gasteiger partial charge in [-0.1, -0.05) is 13.0 Å². The summed E-state index contributed by atoms with van der Waals surface area (Å²) >= 11 is 0. The van der Waals surface area contributed by atoms with Gasteiger partial charge in [0.2, 0.25) is 0 Å². The first-order chi connectivity index (χ1) is 12.5. The topological polar surface area (TPSA) is 39.9 Å². The van der Waals surface area contributed by atoms with Crippen LogP contribution in [0.25, 0.3) is 10.9 Å². The molecule has 0 spiro atoms. The van der Waals surface area contributed by atoms with E-state index in [2.05, 4.69) is 46.9 Å². The molecule has 0 saturated carbocycles. The molecule has 26 heavy (non-hydrogen) atoms. The Bertz CT molecular complexity index is 875. The summed E-state index contributed by atoms with van der Waals surface area (Å²) in [6, 6.07) is 9.85. The maximum atomic E-state index is 14.0. The zero-order valence-electron chi connectivity index (χ0n) is 16.0. The summed E-state index contributed by atoms with van der Waals surface area (Å²) < 4.78 is 14.0. The number of rotatable bonds is 7. The molecule has 0 saturated heterocycles. The maximum Gasteiger partial charge on any atom is 0.128 e. The molecule has 0 aliphatic carbocycles. The van der Waals surface area contributed by atoms with Crippen molar-refractivity contribution in [2.45, 2.75) is 39.5 Å². The molecule has 3 rings (SSSR count). The van der Waals surface area contributed by atoms with Gasteiger partial charge in [0, 0.05) is 28.5 Å². The maximum absolute atomic E-state index is 14.0. The first-order valence-electron chi connectivity index (χ1n) is 9.32. The van der Waals surface area contributed by atoms with Crippen LogP contribution in [0.4, 0.5) is 15.8 Å². The third kappa shape index (κ3) is 3.75. The molecule has 1 aromatic heterocycles. The van der Waals surface area contributed by atoms with Crippen molar-refractivity contribution in [2.24, 2.45) is 0 Å². The Hall–Kier alpha value is -2.33. The predicted molar refractivity (Wildman–Crippen MR) is 109 cm³/mol. The molecular formula is C22H28FN3. The highest BCUT2D eigenvalue weighted by molar-refractivity contribution is 5.87. The Kier molecular flexibility index (Phi) is 5.62. The van der Waals surface area contributed by atoms with E-state index in [0.717, 1.165) is 41.8 Å². The molecular weight excluding hydrogens is 325 g/mol. The smallest absolute Gasteiger partial charge is 0.128 e. The molecule has 1 heterocycles. The zero-order valence-corrected chi connectivity index (χ0v) is 16.0. The van der Waals surface area contributed by atoms with Gasteiger partial charge in [0.15, 0.2) is 0 Å². The quantitative estimate of drug-likeness (QED) is 0.504. The Labute approximate surface area is 155 Å². The molecule has 0 aliphatic heterocycles. The van der Waals surface area contributed by atoms with Gasteiger partial charge in [-0.15, -0.1) is 0 Å². The Balaban J connectivity index is 1.86.